The van der Waals surface area contributed by atoms with E-state index >= 15 is 0 Å². The second-order valence-corrected chi connectivity index (χ2v) is 4.60. The zero-order valence-corrected chi connectivity index (χ0v) is 10.6. The van der Waals surface area contributed by atoms with E-state index in [4.69, 9.17) is 5.73 Å². The number of nitrogens with zero attached hydrogens (tertiary/aromatic N) is 1. The Morgan fingerprint density at radius 1 is 1.25 bits per heavy atom. The molecule has 0 unspecified atom stereocenters. The minimum Gasteiger partial charge on any atom is -0.327 e. The number of rotatable bonds is 2. The van der Waals surface area contributed by atoms with Crippen LogP contribution in [0.5, 0.6) is 0 Å². The van der Waals surface area contributed by atoms with Gasteiger partial charge in [-0.2, -0.15) is 0 Å². The Kier molecular flexibility index (Phi) is 5.26. The Balaban J connectivity index is 0.00000128. The molecule has 1 aromatic rings. The molecule has 0 spiro atoms. The second-order valence-electron chi connectivity index (χ2n) is 4.60. The van der Waals surface area contributed by atoms with E-state index in [1.165, 1.54) is 18.4 Å². The Labute approximate surface area is 104 Å². The molecule has 2 rings (SSSR count). The third-order valence-electron chi connectivity index (χ3n) is 3.28. The molecule has 1 aliphatic heterocycles. The number of likely N-dealkylation sites (tertiary alicyclic amines) is 1. The van der Waals surface area contributed by atoms with Crippen LogP contribution in [0.4, 0.5) is 0 Å². The summed E-state index contributed by atoms with van der Waals surface area (Å²) in [6, 6.07) is 11.7. The predicted octanol–water partition coefficient (Wildman–Crippen LogP) is 2.42. The zero-order chi connectivity index (χ0) is 10.7. The van der Waals surface area contributed by atoms with Gasteiger partial charge in [-0.05, 0) is 25.3 Å². The third-order valence-corrected chi connectivity index (χ3v) is 3.28. The van der Waals surface area contributed by atoms with E-state index < -0.39 is 0 Å². The van der Waals surface area contributed by atoms with Gasteiger partial charge in [0.1, 0.15) is 0 Å². The molecule has 2 N–H and O–H groups in total. The lowest BCUT2D eigenvalue weighted by Crippen LogP contribution is -2.46. The highest BCUT2D eigenvalue weighted by Gasteiger charge is 2.22. The fourth-order valence-electron chi connectivity index (χ4n) is 2.25. The number of halogens is 1. The van der Waals surface area contributed by atoms with Gasteiger partial charge in [-0.15, -0.1) is 12.4 Å². The molecule has 0 radical (unpaired) electrons. The molecule has 1 fully saturated rings. The summed E-state index contributed by atoms with van der Waals surface area (Å²) in [7, 11) is 0. The average molecular weight is 241 g/mol. The quantitative estimate of drug-likeness (QED) is 0.861. The topological polar surface area (TPSA) is 29.3 Å². The van der Waals surface area contributed by atoms with Crippen molar-refractivity contribution >= 4 is 12.4 Å². The monoisotopic (exact) mass is 240 g/mol. The van der Waals surface area contributed by atoms with Gasteiger partial charge in [0.15, 0.2) is 0 Å². The third kappa shape index (κ3) is 3.48. The van der Waals surface area contributed by atoms with Gasteiger partial charge in [0.05, 0.1) is 0 Å². The minimum absolute atomic E-state index is 0. The van der Waals surface area contributed by atoms with Gasteiger partial charge in [-0.25, -0.2) is 0 Å². The minimum atomic E-state index is 0. The van der Waals surface area contributed by atoms with Gasteiger partial charge in [-0.3, -0.25) is 4.90 Å². The van der Waals surface area contributed by atoms with Gasteiger partial charge >= 0.3 is 0 Å². The zero-order valence-electron chi connectivity index (χ0n) is 9.80. The van der Waals surface area contributed by atoms with Gasteiger partial charge in [0.25, 0.3) is 0 Å². The lowest BCUT2D eigenvalue weighted by Gasteiger charge is -2.36. The van der Waals surface area contributed by atoms with Gasteiger partial charge in [0, 0.05) is 25.2 Å². The molecule has 0 bridgehead atoms. The largest absolute Gasteiger partial charge is 0.327 e. The molecule has 0 saturated carbocycles. The molecule has 0 amide bonds. The van der Waals surface area contributed by atoms with Crippen LogP contribution in [0.1, 0.15) is 25.3 Å². The number of benzene rings is 1. The number of nitrogens with two attached hydrogens (primary N) is 1. The summed E-state index contributed by atoms with van der Waals surface area (Å²) in [5.41, 5.74) is 7.39. The van der Waals surface area contributed by atoms with Crippen molar-refractivity contribution in [1.29, 1.82) is 0 Å². The molecule has 0 aliphatic carbocycles. The molecule has 16 heavy (non-hydrogen) atoms. The number of hydrogen-bond donors (Lipinski definition) is 1. The molecule has 2 atom stereocenters. The standard InChI is InChI=1S/C13H20N2.ClH/c1-11-7-8-13(14)10-15(11)9-12-5-3-2-4-6-12;/h2-6,11,13H,7-10,14H2,1H3;1H/t11-,13+;/m0./s1. The fourth-order valence-corrected chi connectivity index (χ4v) is 2.25. The van der Waals surface area contributed by atoms with Crippen molar-refractivity contribution in [2.45, 2.75) is 38.4 Å². The highest BCUT2D eigenvalue weighted by Crippen LogP contribution is 2.18. The lowest BCUT2D eigenvalue weighted by atomic mass is 9.99. The maximum absolute atomic E-state index is 6.00. The van der Waals surface area contributed by atoms with Crippen molar-refractivity contribution in [3.63, 3.8) is 0 Å². The van der Waals surface area contributed by atoms with Crippen LogP contribution in [0, 0.1) is 0 Å². The number of hydrogen-bond acceptors (Lipinski definition) is 2. The maximum atomic E-state index is 6.00. The second kappa shape index (κ2) is 6.24. The van der Waals surface area contributed by atoms with Crippen molar-refractivity contribution in [2.24, 2.45) is 5.73 Å². The molecular formula is C13H21ClN2. The van der Waals surface area contributed by atoms with Crippen molar-refractivity contribution < 1.29 is 0 Å². The molecule has 1 aliphatic rings. The van der Waals surface area contributed by atoms with E-state index in [1.807, 2.05) is 0 Å². The summed E-state index contributed by atoms with van der Waals surface area (Å²) in [6.45, 7) is 4.38. The highest BCUT2D eigenvalue weighted by molar-refractivity contribution is 5.85. The molecule has 3 heteroatoms. The summed E-state index contributed by atoms with van der Waals surface area (Å²) in [5, 5.41) is 0. The first-order chi connectivity index (χ1) is 7.25. The molecule has 1 heterocycles. The predicted molar refractivity (Wildman–Crippen MR) is 70.8 cm³/mol. The number of piperidine rings is 1. The molecule has 2 nitrogen and oxygen atoms in total. The first-order valence-corrected chi connectivity index (χ1v) is 5.79. The van der Waals surface area contributed by atoms with Gasteiger partial charge in [0.2, 0.25) is 0 Å². The van der Waals surface area contributed by atoms with E-state index in [2.05, 4.69) is 42.2 Å². The van der Waals surface area contributed by atoms with Crippen molar-refractivity contribution in [3.05, 3.63) is 35.9 Å². The van der Waals surface area contributed by atoms with Crippen molar-refractivity contribution in [1.82, 2.24) is 4.90 Å². The van der Waals surface area contributed by atoms with Gasteiger partial charge in [-0.1, -0.05) is 30.3 Å². The SMILES string of the molecule is C[C@H]1CC[C@@H](N)CN1Cc1ccccc1.Cl. The summed E-state index contributed by atoms with van der Waals surface area (Å²) in [6.07, 6.45) is 2.40. The summed E-state index contributed by atoms with van der Waals surface area (Å²) >= 11 is 0. The van der Waals surface area contributed by atoms with E-state index in [9.17, 15) is 0 Å². The van der Waals surface area contributed by atoms with Crippen LogP contribution in [-0.2, 0) is 6.54 Å². The van der Waals surface area contributed by atoms with Crippen LogP contribution in [-0.4, -0.2) is 23.5 Å². The molecule has 90 valence electrons. The van der Waals surface area contributed by atoms with E-state index in [1.54, 1.807) is 0 Å². The summed E-state index contributed by atoms with van der Waals surface area (Å²) in [5.74, 6) is 0. The smallest absolute Gasteiger partial charge is 0.0237 e. The normalized spacial score (nSPS) is 26.1. The first-order valence-electron chi connectivity index (χ1n) is 5.79. The molecular weight excluding hydrogens is 220 g/mol. The fraction of sp³-hybridized carbons (Fsp3) is 0.538. The van der Waals surface area contributed by atoms with E-state index in [0.717, 1.165) is 13.1 Å². The van der Waals surface area contributed by atoms with E-state index in [0.29, 0.717) is 12.1 Å². The van der Waals surface area contributed by atoms with Crippen LogP contribution in [0.3, 0.4) is 0 Å². The van der Waals surface area contributed by atoms with Crippen molar-refractivity contribution in [3.8, 4) is 0 Å². The molecule has 0 aromatic heterocycles. The Bertz CT molecular complexity index is 302. The average Bonchev–Trinajstić information content (AvgIpc) is 2.25. The van der Waals surface area contributed by atoms with Crippen LogP contribution in [0.25, 0.3) is 0 Å². The first kappa shape index (κ1) is 13.5. The van der Waals surface area contributed by atoms with Crippen LogP contribution in [0.15, 0.2) is 30.3 Å². The lowest BCUT2D eigenvalue weighted by molar-refractivity contribution is 0.138. The Morgan fingerprint density at radius 2 is 1.94 bits per heavy atom. The highest BCUT2D eigenvalue weighted by atomic mass is 35.5. The Hall–Kier alpha value is -0.570. The molecule has 1 aromatic carbocycles. The van der Waals surface area contributed by atoms with Crippen LogP contribution >= 0.6 is 12.4 Å². The summed E-state index contributed by atoms with van der Waals surface area (Å²) < 4.78 is 0. The summed E-state index contributed by atoms with van der Waals surface area (Å²) in [4.78, 5) is 2.49. The van der Waals surface area contributed by atoms with Crippen LogP contribution < -0.4 is 5.73 Å². The maximum Gasteiger partial charge on any atom is 0.0237 e. The Morgan fingerprint density at radius 3 is 2.62 bits per heavy atom. The van der Waals surface area contributed by atoms with Gasteiger partial charge < -0.3 is 5.73 Å². The van der Waals surface area contributed by atoms with E-state index in [-0.39, 0.29) is 12.4 Å². The molecule has 1 saturated heterocycles. The van der Waals surface area contributed by atoms with Crippen LogP contribution in [0.2, 0.25) is 0 Å². The van der Waals surface area contributed by atoms with Crippen molar-refractivity contribution in [2.75, 3.05) is 6.54 Å².